The molecule has 0 radical (unpaired) electrons. The van der Waals surface area contributed by atoms with Crippen LogP contribution >= 0.6 is 0 Å². The number of aliphatic hydroxyl groups excluding tert-OH is 1. The number of hydrogen-bond donors (Lipinski definition) is 1. The first-order valence-corrected chi connectivity index (χ1v) is 6.34. The molecule has 16 heavy (non-hydrogen) atoms. The second kappa shape index (κ2) is 8.04. The molecule has 3 heteroatoms. The molecule has 0 amide bonds. The maximum absolute atomic E-state index is 9.42. The summed E-state index contributed by atoms with van der Waals surface area (Å²) in [6.45, 7) is 11.3. The Balaban J connectivity index is 3.86. The fourth-order valence-electron chi connectivity index (χ4n) is 1.99. The molecule has 1 N–H and O–H groups in total. The molecule has 0 aliphatic carbocycles. The summed E-state index contributed by atoms with van der Waals surface area (Å²) in [7, 11) is 2.09. The van der Waals surface area contributed by atoms with Crippen molar-refractivity contribution in [3.05, 3.63) is 0 Å². The highest BCUT2D eigenvalue weighted by molar-refractivity contribution is 4.76. The summed E-state index contributed by atoms with van der Waals surface area (Å²) in [6.07, 6.45) is 2.49. The minimum Gasteiger partial charge on any atom is -0.396 e. The van der Waals surface area contributed by atoms with Gasteiger partial charge in [0, 0.05) is 25.1 Å². The van der Waals surface area contributed by atoms with Crippen LogP contribution in [-0.4, -0.2) is 49.5 Å². The lowest BCUT2D eigenvalue weighted by Gasteiger charge is -2.32. The Morgan fingerprint density at radius 3 is 2.44 bits per heavy atom. The fourth-order valence-corrected chi connectivity index (χ4v) is 1.99. The van der Waals surface area contributed by atoms with Crippen LogP contribution in [0.4, 0.5) is 0 Å². The highest BCUT2D eigenvalue weighted by Crippen LogP contribution is 2.23. The van der Waals surface area contributed by atoms with E-state index < -0.39 is 0 Å². The molecule has 1 unspecified atom stereocenters. The van der Waals surface area contributed by atoms with E-state index in [2.05, 4.69) is 39.6 Å². The minimum atomic E-state index is 0.0291. The number of ether oxygens (including phenoxy) is 1. The smallest absolute Gasteiger partial charge is 0.0596 e. The first kappa shape index (κ1) is 15.9. The van der Waals surface area contributed by atoms with Crippen LogP contribution in [0.2, 0.25) is 0 Å². The van der Waals surface area contributed by atoms with E-state index in [0.29, 0.717) is 6.10 Å². The van der Waals surface area contributed by atoms with Crippen molar-refractivity contribution in [3.63, 3.8) is 0 Å². The standard InChI is InChI=1S/C13H29NO2/c1-6-7-13(4,11-15)10-14(5)8-9-16-12(2)3/h12,15H,6-11H2,1-5H3. The van der Waals surface area contributed by atoms with Crippen molar-refractivity contribution in [1.29, 1.82) is 0 Å². The Labute approximate surface area is 101 Å². The summed E-state index contributed by atoms with van der Waals surface area (Å²) < 4.78 is 5.52. The van der Waals surface area contributed by atoms with E-state index in [1.54, 1.807) is 0 Å². The summed E-state index contributed by atoms with van der Waals surface area (Å²) in [4.78, 5) is 2.24. The second-order valence-corrected chi connectivity index (χ2v) is 5.38. The van der Waals surface area contributed by atoms with Crippen molar-refractivity contribution in [1.82, 2.24) is 4.90 Å². The van der Waals surface area contributed by atoms with Gasteiger partial charge in [0.1, 0.15) is 0 Å². The third-order valence-electron chi connectivity index (χ3n) is 2.81. The summed E-state index contributed by atoms with van der Waals surface area (Å²) >= 11 is 0. The van der Waals surface area contributed by atoms with Crippen LogP contribution in [0.3, 0.4) is 0 Å². The van der Waals surface area contributed by atoms with Crippen molar-refractivity contribution in [2.75, 3.05) is 33.4 Å². The van der Waals surface area contributed by atoms with Gasteiger partial charge in [-0.25, -0.2) is 0 Å². The van der Waals surface area contributed by atoms with E-state index in [-0.39, 0.29) is 12.0 Å². The van der Waals surface area contributed by atoms with Crippen molar-refractivity contribution in [2.24, 2.45) is 5.41 Å². The molecule has 0 spiro atoms. The summed E-state index contributed by atoms with van der Waals surface area (Å²) in [5.41, 5.74) is 0.0291. The first-order valence-electron chi connectivity index (χ1n) is 6.34. The molecule has 0 aromatic carbocycles. The van der Waals surface area contributed by atoms with Gasteiger partial charge in [0.25, 0.3) is 0 Å². The SMILES string of the molecule is CCCC(C)(CO)CN(C)CCOC(C)C. The lowest BCUT2D eigenvalue weighted by molar-refractivity contribution is 0.0433. The Morgan fingerprint density at radius 2 is 2.00 bits per heavy atom. The summed E-state index contributed by atoms with van der Waals surface area (Å²) in [6, 6.07) is 0. The molecule has 0 saturated heterocycles. The summed E-state index contributed by atoms with van der Waals surface area (Å²) in [5, 5.41) is 9.42. The molecule has 3 nitrogen and oxygen atoms in total. The van der Waals surface area contributed by atoms with E-state index in [1.807, 2.05) is 0 Å². The van der Waals surface area contributed by atoms with Gasteiger partial charge in [-0.05, 0) is 27.3 Å². The van der Waals surface area contributed by atoms with E-state index in [1.165, 1.54) is 0 Å². The van der Waals surface area contributed by atoms with Gasteiger partial charge in [-0.15, -0.1) is 0 Å². The van der Waals surface area contributed by atoms with Gasteiger partial charge in [-0.2, -0.15) is 0 Å². The quantitative estimate of drug-likeness (QED) is 0.660. The molecule has 0 saturated carbocycles. The molecular formula is C13H29NO2. The minimum absolute atomic E-state index is 0.0291. The topological polar surface area (TPSA) is 32.7 Å². The number of hydrogen-bond acceptors (Lipinski definition) is 3. The Bertz CT molecular complexity index is 173. The van der Waals surface area contributed by atoms with Crippen molar-refractivity contribution in [2.45, 2.75) is 46.6 Å². The summed E-state index contributed by atoms with van der Waals surface area (Å²) in [5.74, 6) is 0. The van der Waals surface area contributed by atoms with Crippen molar-refractivity contribution in [3.8, 4) is 0 Å². The average Bonchev–Trinajstić information content (AvgIpc) is 2.17. The number of rotatable bonds is 9. The van der Waals surface area contributed by atoms with Crippen LogP contribution in [0.5, 0.6) is 0 Å². The molecule has 0 aromatic rings. The molecule has 0 bridgehead atoms. The maximum atomic E-state index is 9.42. The molecule has 0 rings (SSSR count). The number of likely N-dealkylation sites (N-methyl/N-ethyl adjacent to an activating group) is 1. The van der Waals surface area contributed by atoms with Crippen LogP contribution in [-0.2, 0) is 4.74 Å². The Hall–Kier alpha value is -0.120. The molecule has 0 heterocycles. The van der Waals surface area contributed by atoms with E-state index in [4.69, 9.17) is 4.74 Å². The van der Waals surface area contributed by atoms with Gasteiger partial charge in [-0.3, -0.25) is 0 Å². The zero-order chi connectivity index (χ0) is 12.6. The molecule has 98 valence electrons. The zero-order valence-electron chi connectivity index (χ0n) is 11.6. The van der Waals surface area contributed by atoms with Gasteiger partial charge in [-0.1, -0.05) is 20.3 Å². The molecule has 0 aliphatic rings. The highest BCUT2D eigenvalue weighted by atomic mass is 16.5. The van der Waals surface area contributed by atoms with Gasteiger partial charge in [0.2, 0.25) is 0 Å². The van der Waals surface area contributed by atoms with Crippen molar-refractivity contribution < 1.29 is 9.84 Å². The predicted octanol–water partition coefficient (Wildman–Crippen LogP) is 2.14. The van der Waals surface area contributed by atoms with Gasteiger partial charge in [0.05, 0.1) is 12.7 Å². The van der Waals surface area contributed by atoms with Gasteiger partial charge < -0.3 is 14.7 Å². The van der Waals surface area contributed by atoms with Gasteiger partial charge >= 0.3 is 0 Å². The first-order chi connectivity index (χ1) is 7.43. The Morgan fingerprint density at radius 1 is 1.38 bits per heavy atom. The second-order valence-electron chi connectivity index (χ2n) is 5.38. The third kappa shape index (κ3) is 7.20. The molecule has 1 atom stereocenters. The average molecular weight is 231 g/mol. The molecule has 0 aromatic heterocycles. The van der Waals surface area contributed by atoms with Crippen molar-refractivity contribution >= 4 is 0 Å². The zero-order valence-corrected chi connectivity index (χ0v) is 11.6. The van der Waals surface area contributed by atoms with E-state index >= 15 is 0 Å². The monoisotopic (exact) mass is 231 g/mol. The van der Waals surface area contributed by atoms with Crippen LogP contribution in [0, 0.1) is 5.41 Å². The lowest BCUT2D eigenvalue weighted by atomic mass is 9.86. The predicted molar refractivity (Wildman–Crippen MR) is 68.7 cm³/mol. The number of nitrogens with zero attached hydrogens (tertiary/aromatic N) is 1. The van der Waals surface area contributed by atoms with E-state index in [0.717, 1.165) is 32.5 Å². The van der Waals surface area contributed by atoms with Crippen LogP contribution in [0.15, 0.2) is 0 Å². The highest BCUT2D eigenvalue weighted by Gasteiger charge is 2.23. The molecule has 0 aliphatic heterocycles. The fraction of sp³-hybridized carbons (Fsp3) is 1.00. The third-order valence-corrected chi connectivity index (χ3v) is 2.81. The largest absolute Gasteiger partial charge is 0.396 e. The molecular weight excluding hydrogens is 202 g/mol. The molecule has 0 fully saturated rings. The normalized spacial score (nSPS) is 15.8. The lowest BCUT2D eigenvalue weighted by Crippen LogP contribution is -2.37. The maximum Gasteiger partial charge on any atom is 0.0596 e. The Kier molecular flexibility index (Phi) is 7.98. The van der Waals surface area contributed by atoms with Crippen LogP contribution in [0.25, 0.3) is 0 Å². The van der Waals surface area contributed by atoms with E-state index in [9.17, 15) is 5.11 Å². The van der Waals surface area contributed by atoms with Crippen LogP contribution in [0.1, 0.15) is 40.5 Å². The van der Waals surface area contributed by atoms with Gasteiger partial charge in [0.15, 0.2) is 0 Å². The number of aliphatic hydroxyl groups is 1. The van der Waals surface area contributed by atoms with Crippen LogP contribution < -0.4 is 0 Å².